The number of phenolic OH excluding ortho intramolecular Hbond substituents is 1. The van der Waals surface area contributed by atoms with E-state index in [2.05, 4.69) is 28.9 Å². The number of carbonyl (C=O) groups excluding carboxylic acids is 1. The van der Waals surface area contributed by atoms with Crippen LogP contribution < -0.4 is 10.6 Å². The molecule has 1 amide bonds. The van der Waals surface area contributed by atoms with E-state index >= 15 is 0 Å². The molecule has 0 bridgehead atoms. The summed E-state index contributed by atoms with van der Waals surface area (Å²) in [5.41, 5.74) is 10.3. The highest BCUT2D eigenvalue weighted by Gasteiger charge is 2.29. The Balaban J connectivity index is 1.84. The second-order valence-corrected chi connectivity index (χ2v) is 7.77. The molecule has 132 valence electrons. The summed E-state index contributed by atoms with van der Waals surface area (Å²) in [5.74, 6) is 0.554. The normalized spacial score (nSPS) is 17.9. The molecule has 3 rings (SSSR count). The lowest BCUT2D eigenvalue weighted by Gasteiger charge is -2.34. The molecule has 1 aliphatic rings. The summed E-state index contributed by atoms with van der Waals surface area (Å²) in [4.78, 5) is 14.9. The number of hydrogen-bond acceptors (Lipinski definition) is 3. The second-order valence-electron chi connectivity index (χ2n) is 6.92. The number of nitrogens with two attached hydrogens (primary N) is 1. The van der Waals surface area contributed by atoms with E-state index in [9.17, 15) is 9.90 Å². The van der Waals surface area contributed by atoms with Crippen LogP contribution in [0.1, 0.15) is 23.6 Å². The van der Waals surface area contributed by atoms with Crippen molar-refractivity contribution >= 4 is 27.5 Å². The third kappa shape index (κ3) is 3.72. The Morgan fingerprint density at radius 2 is 2.12 bits per heavy atom. The van der Waals surface area contributed by atoms with Gasteiger partial charge in [0.25, 0.3) is 0 Å². The van der Waals surface area contributed by atoms with Crippen molar-refractivity contribution < 1.29 is 9.90 Å². The van der Waals surface area contributed by atoms with E-state index in [4.69, 9.17) is 5.73 Å². The van der Waals surface area contributed by atoms with E-state index in [1.807, 2.05) is 30.0 Å². The summed E-state index contributed by atoms with van der Waals surface area (Å²) in [5, 5.41) is 9.67. The summed E-state index contributed by atoms with van der Waals surface area (Å²) in [6.45, 7) is 4.76. The molecule has 1 heterocycles. The van der Waals surface area contributed by atoms with Crippen molar-refractivity contribution in [2.45, 2.75) is 32.7 Å². The van der Waals surface area contributed by atoms with Crippen molar-refractivity contribution in [3.05, 3.63) is 57.6 Å². The highest BCUT2D eigenvalue weighted by molar-refractivity contribution is 9.10. The van der Waals surface area contributed by atoms with Gasteiger partial charge in [-0.2, -0.15) is 0 Å². The molecule has 3 N–H and O–H groups in total. The van der Waals surface area contributed by atoms with Crippen LogP contribution in [0.25, 0.3) is 0 Å². The van der Waals surface area contributed by atoms with Crippen LogP contribution in [0.2, 0.25) is 0 Å². The number of carbonyl (C=O) groups is 1. The molecule has 2 aromatic rings. The zero-order valence-electron chi connectivity index (χ0n) is 14.5. The van der Waals surface area contributed by atoms with Crippen molar-refractivity contribution in [3.8, 4) is 5.75 Å². The third-order valence-electron chi connectivity index (χ3n) is 4.76. The second kappa shape index (κ2) is 7.18. The van der Waals surface area contributed by atoms with Gasteiger partial charge in [-0.05, 0) is 60.6 Å². The number of benzene rings is 2. The van der Waals surface area contributed by atoms with Crippen molar-refractivity contribution in [1.82, 2.24) is 0 Å². The van der Waals surface area contributed by atoms with Crippen molar-refractivity contribution in [2.24, 2.45) is 11.7 Å². The van der Waals surface area contributed by atoms with Gasteiger partial charge in [0.2, 0.25) is 5.91 Å². The number of aromatic hydroxyl groups is 1. The molecule has 0 spiro atoms. The van der Waals surface area contributed by atoms with Gasteiger partial charge in [-0.1, -0.05) is 41.1 Å². The van der Waals surface area contributed by atoms with Gasteiger partial charge < -0.3 is 15.7 Å². The molecule has 0 aromatic heterocycles. The molecule has 0 saturated heterocycles. The minimum absolute atomic E-state index is 0.0571. The van der Waals surface area contributed by atoms with Crippen LogP contribution in [-0.2, 0) is 17.6 Å². The van der Waals surface area contributed by atoms with Crippen LogP contribution in [0.3, 0.4) is 0 Å². The molecule has 0 aliphatic carbocycles. The summed E-state index contributed by atoms with van der Waals surface area (Å²) < 4.78 is 0.778. The van der Waals surface area contributed by atoms with Crippen LogP contribution in [0.5, 0.6) is 5.75 Å². The number of phenols is 1. The van der Waals surface area contributed by atoms with Gasteiger partial charge in [0.05, 0.1) is 6.04 Å². The summed E-state index contributed by atoms with van der Waals surface area (Å²) in [6, 6.07) is 10.7. The largest absolute Gasteiger partial charge is 0.508 e. The van der Waals surface area contributed by atoms with E-state index < -0.39 is 6.04 Å². The van der Waals surface area contributed by atoms with Gasteiger partial charge in [0, 0.05) is 16.7 Å². The maximum atomic E-state index is 13.0. The van der Waals surface area contributed by atoms with Crippen LogP contribution in [0.4, 0.5) is 5.69 Å². The molecule has 0 fully saturated rings. The molecular weight excluding hydrogens is 380 g/mol. The zero-order valence-corrected chi connectivity index (χ0v) is 16.1. The number of anilines is 1. The molecule has 5 heteroatoms. The lowest BCUT2D eigenvalue weighted by molar-refractivity contribution is -0.120. The molecule has 4 nitrogen and oxygen atoms in total. The van der Waals surface area contributed by atoms with Crippen LogP contribution in [-0.4, -0.2) is 23.6 Å². The minimum Gasteiger partial charge on any atom is -0.508 e. The quantitative estimate of drug-likeness (QED) is 0.824. The first kappa shape index (κ1) is 18.0. The molecule has 1 aliphatic heterocycles. The SMILES string of the molecule is Cc1cc(O)cc(Br)c1CC(N)C(=O)N1CC(C)Cc2ccccc21. The van der Waals surface area contributed by atoms with Gasteiger partial charge in [0.15, 0.2) is 0 Å². The van der Waals surface area contributed by atoms with Crippen molar-refractivity contribution in [2.75, 3.05) is 11.4 Å². The first-order chi connectivity index (χ1) is 11.9. The Labute approximate surface area is 156 Å². The molecular formula is C20H23BrN2O2. The number of aryl methyl sites for hydroxylation is 1. The smallest absolute Gasteiger partial charge is 0.244 e. The maximum Gasteiger partial charge on any atom is 0.244 e. The number of amides is 1. The molecule has 0 radical (unpaired) electrons. The summed E-state index contributed by atoms with van der Waals surface area (Å²) >= 11 is 3.47. The summed E-state index contributed by atoms with van der Waals surface area (Å²) in [6.07, 6.45) is 1.41. The lowest BCUT2D eigenvalue weighted by Crippen LogP contribution is -2.48. The predicted octanol–water partition coefficient (Wildman–Crippen LogP) is 3.56. The van der Waals surface area contributed by atoms with Gasteiger partial charge >= 0.3 is 0 Å². The van der Waals surface area contributed by atoms with E-state index in [0.717, 1.165) is 27.7 Å². The first-order valence-corrected chi connectivity index (χ1v) is 9.29. The average molecular weight is 403 g/mol. The van der Waals surface area contributed by atoms with Crippen molar-refractivity contribution in [1.29, 1.82) is 0 Å². The van der Waals surface area contributed by atoms with Crippen LogP contribution in [0.15, 0.2) is 40.9 Å². The molecule has 2 unspecified atom stereocenters. The Kier molecular flexibility index (Phi) is 5.16. The molecule has 2 aromatic carbocycles. The van der Waals surface area contributed by atoms with Crippen molar-refractivity contribution in [3.63, 3.8) is 0 Å². The summed E-state index contributed by atoms with van der Waals surface area (Å²) in [7, 11) is 0. The third-order valence-corrected chi connectivity index (χ3v) is 5.46. The van der Waals surface area contributed by atoms with Gasteiger partial charge in [0.1, 0.15) is 5.75 Å². The number of halogens is 1. The minimum atomic E-state index is -0.627. The van der Waals surface area contributed by atoms with E-state index in [0.29, 0.717) is 18.9 Å². The Morgan fingerprint density at radius 1 is 1.40 bits per heavy atom. The predicted molar refractivity (Wildman–Crippen MR) is 104 cm³/mol. The topological polar surface area (TPSA) is 66.6 Å². The Bertz CT molecular complexity index is 783. The standard InChI is InChI=1S/C20H23BrN2O2/c1-12-7-14-5-3-4-6-19(14)23(11-12)20(25)18(22)10-16-13(2)8-15(24)9-17(16)21/h3-6,8-9,12,18,24H,7,10-11,22H2,1-2H3. The van der Waals surface area contributed by atoms with E-state index in [-0.39, 0.29) is 11.7 Å². The lowest BCUT2D eigenvalue weighted by atomic mass is 9.92. The van der Waals surface area contributed by atoms with E-state index in [1.54, 1.807) is 12.1 Å². The number of rotatable bonds is 3. The zero-order chi connectivity index (χ0) is 18.1. The maximum absolute atomic E-state index is 13.0. The average Bonchev–Trinajstić information content (AvgIpc) is 2.56. The molecule has 0 saturated carbocycles. The van der Waals surface area contributed by atoms with Gasteiger partial charge in [-0.3, -0.25) is 4.79 Å². The highest BCUT2D eigenvalue weighted by Crippen LogP contribution is 2.31. The molecule has 2 atom stereocenters. The first-order valence-electron chi connectivity index (χ1n) is 8.49. The van der Waals surface area contributed by atoms with Gasteiger partial charge in [-0.25, -0.2) is 0 Å². The van der Waals surface area contributed by atoms with Crippen LogP contribution in [0, 0.1) is 12.8 Å². The number of fused-ring (bicyclic) bond motifs is 1. The Hall–Kier alpha value is -1.85. The fraction of sp³-hybridized carbons (Fsp3) is 0.350. The number of para-hydroxylation sites is 1. The Morgan fingerprint density at radius 3 is 2.84 bits per heavy atom. The number of nitrogens with zero attached hydrogens (tertiary/aromatic N) is 1. The monoisotopic (exact) mass is 402 g/mol. The fourth-order valence-corrected chi connectivity index (χ4v) is 4.24. The van der Waals surface area contributed by atoms with Gasteiger partial charge in [-0.15, -0.1) is 0 Å². The fourth-order valence-electron chi connectivity index (χ4n) is 3.53. The molecule has 25 heavy (non-hydrogen) atoms. The van der Waals surface area contributed by atoms with Crippen LogP contribution >= 0.6 is 15.9 Å². The highest BCUT2D eigenvalue weighted by atomic mass is 79.9. The number of hydrogen-bond donors (Lipinski definition) is 2. The van der Waals surface area contributed by atoms with E-state index in [1.165, 1.54) is 5.56 Å².